The van der Waals surface area contributed by atoms with Crippen molar-refractivity contribution in [3.63, 3.8) is 0 Å². The molecule has 0 fully saturated rings. The summed E-state index contributed by atoms with van der Waals surface area (Å²) in [6.45, 7) is 2.58. The fraction of sp³-hybridized carbons (Fsp3) is 0.333. The summed E-state index contributed by atoms with van der Waals surface area (Å²) in [5, 5.41) is 9.26. The van der Waals surface area contributed by atoms with Crippen LogP contribution in [0, 0.1) is 6.92 Å². The molecule has 0 unspecified atom stereocenters. The van der Waals surface area contributed by atoms with Gasteiger partial charge in [-0.1, -0.05) is 23.4 Å². The van der Waals surface area contributed by atoms with E-state index >= 15 is 0 Å². The predicted octanol–water partition coefficient (Wildman–Crippen LogP) is 2.11. The molecule has 20 heavy (non-hydrogen) atoms. The lowest BCUT2D eigenvalue weighted by Crippen LogP contribution is -2.13. The van der Waals surface area contributed by atoms with Crippen LogP contribution in [0.2, 0.25) is 5.02 Å². The zero-order chi connectivity index (χ0) is 14.1. The van der Waals surface area contributed by atoms with Gasteiger partial charge in [-0.15, -0.1) is 10.2 Å². The summed E-state index contributed by atoms with van der Waals surface area (Å²) < 4.78 is 12.3. The molecule has 8 heteroatoms. The Kier molecular flexibility index (Phi) is 3.73. The largest absolute Gasteiger partial charge is 0.467 e. The second-order valence-electron chi connectivity index (χ2n) is 4.35. The maximum atomic E-state index is 6.12. The Labute approximate surface area is 125 Å². The third-order valence-corrected chi connectivity index (χ3v) is 4.15. The minimum absolute atomic E-state index is 0.262. The van der Waals surface area contributed by atoms with Crippen LogP contribution in [0.4, 0.5) is 0 Å². The van der Waals surface area contributed by atoms with Gasteiger partial charge in [0.2, 0.25) is 5.16 Å². The third-order valence-electron chi connectivity index (χ3n) is 2.94. The molecule has 1 aliphatic heterocycles. The normalized spacial score (nSPS) is 13.9. The van der Waals surface area contributed by atoms with Gasteiger partial charge in [0.15, 0.2) is 6.79 Å². The highest BCUT2D eigenvalue weighted by Gasteiger charge is 2.17. The fourth-order valence-electron chi connectivity index (χ4n) is 1.95. The lowest BCUT2D eigenvalue weighted by atomic mass is 10.1. The summed E-state index contributed by atoms with van der Waals surface area (Å²) in [6.07, 6.45) is 0. The van der Waals surface area contributed by atoms with E-state index in [9.17, 15) is 0 Å². The zero-order valence-electron chi connectivity index (χ0n) is 10.8. The van der Waals surface area contributed by atoms with E-state index in [1.807, 2.05) is 12.1 Å². The number of rotatable bonds is 3. The van der Waals surface area contributed by atoms with E-state index in [4.69, 9.17) is 26.9 Å². The van der Waals surface area contributed by atoms with E-state index in [1.54, 1.807) is 6.92 Å². The number of aryl methyl sites for hydroxylation is 1. The Hall–Kier alpha value is -1.44. The first-order valence-corrected chi connectivity index (χ1v) is 7.33. The van der Waals surface area contributed by atoms with Crippen LogP contribution in [0.5, 0.6) is 5.75 Å². The number of nitrogens with two attached hydrogens (primary N) is 1. The molecular formula is C12H13ClN4O2S. The number of benzene rings is 1. The summed E-state index contributed by atoms with van der Waals surface area (Å²) in [4.78, 5) is 0. The molecule has 2 aromatic rings. The molecule has 0 aliphatic carbocycles. The van der Waals surface area contributed by atoms with Crippen molar-refractivity contribution in [3.05, 3.63) is 34.1 Å². The highest BCUT2D eigenvalue weighted by Crippen LogP contribution is 2.35. The molecule has 0 amide bonds. The average Bonchev–Trinajstić information content (AvgIpc) is 2.76. The minimum atomic E-state index is 0.262. The van der Waals surface area contributed by atoms with Crippen LogP contribution in [0.3, 0.4) is 0 Å². The lowest BCUT2D eigenvalue weighted by Gasteiger charge is -2.20. The van der Waals surface area contributed by atoms with Crippen molar-refractivity contribution in [2.45, 2.75) is 24.4 Å². The summed E-state index contributed by atoms with van der Waals surface area (Å²) in [5.41, 5.74) is 1.96. The summed E-state index contributed by atoms with van der Waals surface area (Å²) in [5.74, 6) is 7.99. The van der Waals surface area contributed by atoms with Gasteiger partial charge in [-0.25, -0.2) is 4.68 Å². The van der Waals surface area contributed by atoms with Gasteiger partial charge < -0.3 is 15.3 Å². The topological polar surface area (TPSA) is 75.2 Å². The molecule has 106 valence electrons. The number of hydrogen-bond acceptors (Lipinski definition) is 6. The van der Waals surface area contributed by atoms with Crippen LogP contribution in [-0.4, -0.2) is 21.7 Å². The first-order chi connectivity index (χ1) is 9.65. The van der Waals surface area contributed by atoms with Crippen LogP contribution in [0.15, 0.2) is 17.3 Å². The quantitative estimate of drug-likeness (QED) is 0.691. The molecular weight excluding hydrogens is 300 g/mol. The molecule has 3 rings (SSSR count). The smallest absolute Gasteiger partial charge is 0.210 e. The van der Waals surface area contributed by atoms with E-state index in [0.29, 0.717) is 28.4 Å². The van der Waals surface area contributed by atoms with Crippen molar-refractivity contribution in [3.8, 4) is 5.75 Å². The Morgan fingerprint density at radius 2 is 2.30 bits per heavy atom. The molecule has 0 atom stereocenters. The van der Waals surface area contributed by atoms with Gasteiger partial charge in [-0.05, 0) is 19.1 Å². The van der Waals surface area contributed by atoms with Crippen LogP contribution >= 0.6 is 23.4 Å². The molecule has 2 heterocycles. The highest BCUT2D eigenvalue weighted by molar-refractivity contribution is 7.98. The highest BCUT2D eigenvalue weighted by atomic mass is 35.5. The lowest BCUT2D eigenvalue weighted by molar-refractivity contribution is -0.0168. The standard InChI is InChI=1S/C12H13ClN4O2S/c1-7-15-16-12(17(7)14)20-5-9-3-10(13)2-8-4-18-6-19-11(8)9/h2-3H,4-6,14H2,1H3. The number of halogens is 1. The Balaban J connectivity index is 1.84. The Bertz CT molecular complexity index is 647. The number of fused-ring (bicyclic) bond motifs is 1. The predicted molar refractivity (Wildman–Crippen MR) is 76.2 cm³/mol. The van der Waals surface area contributed by atoms with Gasteiger partial charge in [-0.2, -0.15) is 0 Å². The molecule has 2 N–H and O–H groups in total. The molecule has 0 saturated carbocycles. The summed E-state index contributed by atoms with van der Waals surface area (Å²) >= 11 is 7.61. The van der Waals surface area contributed by atoms with Crippen LogP contribution < -0.4 is 10.6 Å². The molecule has 0 spiro atoms. The minimum Gasteiger partial charge on any atom is -0.467 e. The van der Waals surface area contributed by atoms with Gasteiger partial charge in [0.05, 0.1) is 6.61 Å². The van der Waals surface area contributed by atoms with E-state index in [0.717, 1.165) is 16.9 Å². The van der Waals surface area contributed by atoms with Crippen molar-refractivity contribution < 1.29 is 9.47 Å². The van der Waals surface area contributed by atoms with Gasteiger partial charge in [0.1, 0.15) is 11.6 Å². The second kappa shape index (κ2) is 5.51. The molecule has 1 aromatic heterocycles. The molecule has 0 radical (unpaired) electrons. The molecule has 6 nitrogen and oxygen atoms in total. The monoisotopic (exact) mass is 312 g/mol. The maximum Gasteiger partial charge on any atom is 0.210 e. The maximum absolute atomic E-state index is 6.12. The molecule has 0 bridgehead atoms. The van der Waals surface area contributed by atoms with Crippen molar-refractivity contribution in [1.29, 1.82) is 0 Å². The molecule has 0 saturated heterocycles. The van der Waals surface area contributed by atoms with E-state index in [-0.39, 0.29) is 6.79 Å². The number of thioether (sulfide) groups is 1. The van der Waals surface area contributed by atoms with Crippen LogP contribution in [0.25, 0.3) is 0 Å². The SMILES string of the molecule is Cc1nnc(SCc2cc(Cl)cc3c2OCOC3)n1N. The second-order valence-corrected chi connectivity index (χ2v) is 5.73. The number of ether oxygens (including phenoxy) is 2. The Morgan fingerprint density at radius 3 is 3.05 bits per heavy atom. The third kappa shape index (κ3) is 2.56. The zero-order valence-corrected chi connectivity index (χ0v) is 12.4. The first-order valence-electron chi connectivity index (χ1n) is 5.97. The van der Waals surface area contributed by atoms with Crippen LogP contribution in [-0.2, 0) is 17.1 Å². The van der Waals surface area contributed by atoms with Gasteiger partial charge in [-0.3, -0.25) is 0 Å². The first kappa shape index (κ1) is 13.5. The number of hydrogen-bond donors (Lipinski definition) is 1. The average molecular weight is 313 g/mol. The van der Waals surface area contributed by atoms with Crippen molar-refractivity contribution in [2.24, 2.45) is 0 Å². The number of aromatic nitrogens is 3. The molecule has 1 aliphatic rings. The van der Waals surface area contributed by atoms with Crippen molar-refractivity contribution in [2.75, 3.05) is 12.6 Å². The number of nitrogens with zero attached hydrogens (tertiary/aromatic N) is 3. The van der Waals surface area contributed by atoms with Crippen LogP contribution in [0.1, 0.15) is 17.0 Å². The molecule has 1 aromatic carbocycles. The summed E-state index contributed by atoms with van der Waals surface area (Å²) in [6, 6.07) is 3.75. The van der Waals surface area contributed by atoms with Crippen molar-refractivity contribution >= 4 is 23.4 Å². The van der Waals surface area contributed by atoms with E-state index in [2.05, 4.69) is 10.2 Å². The fourth-order valence-corrected chi connectivity index (χ4v) is 3.09. The summed E-state index contributed by atoms with van der Waals surface area (Å²) in [7, 11) is 0. The van der Waals surface area contributed by atoms with E-state index < -0.39 is 0 Å². The van der Waals surface area contributed by atoms with Gasteiger partial charge >= 0.3 is 0 Å². The van der Waals surface area contributed by atoms with Crippen molar-refractivity contribution in [1.82, 2.24) is 14.9 Å². The Morgan fingerprint density at radius 1 is 1.45 bits per heavy atom. The van der Waals surface area contributed by atoms with Gasteiger partial charge in [0.25, 0.3) is 0 Å². The number of nitrogen functional groups attached to an aromatic ring is 1. The van der Waals surface area contributed by atoms with Gasteiger partial charge in [0, 0.05) is 21.9 Å². The van der Waals surface area contributed by atoms with E-state index in [1.165, 1.54) is 16.4 Å².